The summed E-state index contributed by atoms with van der Waals surface area (Å²) in [6.45, 7) is 5.14. The number of hydrogen-bond acceptors (Lipinski definition) is 1. The van der Waals surface area contributed by atoms with Crippen LogP contribution in [0.25, 0.3) is 0 Å². The van der Waals surface area contributed by atoms with Crippen LogP contribution in [0.3, 0.4) is 0 Å². The van der Waals surface area contributed by atoms with Gasteiger partial charge in [0.05, 0.1) is 0 Å². The molecule has 0 aromatic rings. The summed E-state index contributed by atoms with van der Waals surface area (Å²) in [6.07, 6.45) is 4.62. The van der Waals surface area contributed by atoms with E-state index in [1.807, 2.05) is 0 Å². The Balaban J connectivity index is 2.00. The summed E-state index contributed by atoms with van der Waals surface area (Å²) < 4.78 is 0. The van der Waals surface area contributed by atoms with Gasteiger partial charge in [0.1, 0.15) is 0 Å². The molecule has 3 fully saturated rings. The van der Waals surface area contributed by atoms with Crippen LogP contribution < -0.4 is 5.32 Å². The predicted molar refractivity (Wildman–Crippen MR) is 45.3 cm³/mol. The second-order valence-electron chi connectivity index (χ2n) is 5.01. The van der Waals surface area contributed by atoms with Gasteiger partial charge in [0.2, 0.25) is 0 Å². The summed E-state index contributed by atoms with van der Waals surface area (Å²) in [4.78, 5) is 0. The first-order valence-corrected chi connectivity index (χ1v) is 5.01. The molecule has 3 aliphatic rings. The molecule has 1 aliphatic heterocycles. The van der Waals surface area contributed by atoms with Crippen molar-refractivity contribution in [2.24, 2.45) is 23.2 Å². The van der Waals surface area contributed by atoms with Crippen LogP contribution in [0.5, 0.6) is 0 Å². The molecular weight excluding hydrogens is 134 g/mol. The van der Waals surface area contributed by atoms with Crippen molar-refractivity contribution < 1.29 is 0 Å². The maximum Gasteiger partial charge on any atom is 0.00112 e. The van der Waals surface area contributed by atoms with E-state index >= 15 is 0 Å². The van der Waals surface area contributed by atoms with Crippen LogP contribution >= 0.6 is 0 Å². The van der Waals surface area contributed by atoms with Crippen molar-refractivity contribution in [3.8, 4) is 0 Å². The van der Waals surface area contributed by atoms with Crippen molar-refractivity contribution in [1.29, 1.82) is 0 Å². The van der Waals surface area contributed by atoms with E-state index in [1.165, 1.54) is 25.9 Å². The first-order chi connectivity index (χ1) is 5.31. The second kappa shape index (κ2) is 1.82. The van der Waals surface area contributed by atoms with Gasteiger partial charge in [0.25, 0.3) is 0 Å². The van der Waals surface area contributed by atoms with Gasteiger partial charge in [0.15, 0.2) is 0 Å². The lowest BCUT2D eigenvalue weighted by atomic mass is 9.70. The van der Waals surface area contributed by atoms with Crippen LogP contribution in [0.1, 0.15) is 26.2 Å². The Morgan fingerprint density at radius 3 is 3.09 bits per heavy atom. The van der Waals surface area contributed by atoms with Crippen LogP contribution in [-0.2, 0) is 0 Å². The van der Waals surface area contributed by atoms with Crippen LogP contribution in [0.4, 0.5) is 0 Å². The summed E-state index contributed by atoms with van der Waals surface area (Å²) in [5.74, 6) is 3.22. The molecule has 2 bridgehead atoms. The predicted octanol–water partition coefficient (Wildman–Crippen LogP) is 1.64. The number of nitrogens with one attached hydrogen (secondary N) is 1. The smallest absolute Gasteiger partial charge is 0.00112 e. The van der Waals surface area contributed by atoms with Gasteiger partial charge in [-0.05, 0) is 49.0 Å². The zero-order valence-electron chi connectivity index (χ0n) is 7.27. The molecule has 3 rings (SSSR count). The fraction of sp³-hybridized carbons (Fsp3) is 1.00. The van der Waals surface area contributed by atoms with Crippen molar-refractivity contribution in [2.75, 3.05) is 13.1 Å². The lowest BCUT2D eigenvalue weighted by molar-refractivity contribution is 0.156. The molecule has 0 amide bonds. The highest BCUT2D eigenvalue weighted by molar-refractivity contribution is 5.08. The lowest BCUT2D eigenvalue weighted by Gasteiger charge is -2.34. The highest BCUT2D eigenvalue weighted by Crippen LogP contribution is 2.60. The number of fused-ring (bicyclic) bond motifs is 5. The zero-order chi connectivity index (χ0) is 7.47. The minimum atomic E-state index is 0.711. The van der Waals surface area contributed by atoms with Gasteiger partial charge in [0, 0.05) is 6.54 Å². The van der Waals surface area contributed by atoms with Crippen LogP contribution in [0.15, 0.2) is 0 Å². The van der Waals surface area contributed by atoms with Gasteiger partial charge in [-0.2, -0.15) is 0 Å². The second-order valence-corrected chi connectivity index (χ2v) is 5.01. The third-order valence-corrected chi connectivity index (χ3v) is 4.69. The molecule has 0 spiro atoms. The van der Waals surface area contributed by atoms with Crippen molar-refractivity contribution >= 4 is 0 Å². The van der Waals surface area contributed by atoms with E-state index in [2.05, 4.69) is 12.2 Å². The topological polar surface area (TPSA) is 12.0 Å². The highest BCUT2D eigenvalue weighted by atomic mass is 15.0. The van der Waals surface area contributed by atoms with E-state index in [1.54, 1.807) is 6.42 Å². The molecule has 2 unspecified atom stereocenters. The molecular formula is C10H17N. The van der Waals surface area contributed by atoms with Crippen LogP contribution in [0, 0.1) is 23.2 Å². The van der Waals surface area contributed by atoms with Crippen molar-refractivity contribution in [2.45, 2.75) is 26.2 Å². The molecule has 4 atom stereocenters. The quantitative estimate of drug-likeness (QED) is 0.555. The molecule has 1 nitrogen and oxygen atoms in total. The minimum absolute atomic E-state index is 0.711. The number of hydrogen-bond donors (Lipinski definition) is 1. The van der Waals surface area contributed by atoms with Crippen molar-refractivity contribution in [3.05, 3.63) is 0 Å². The standard InChI is InChI=1S/C10H17N/c1-10-6-11-5-9(10)7-2-3-8(10)4-7/h7-9,11H,2-6H2,1H3/t7-,8+,9?,10?/m1/s1. The molecule has 1 heteroatoms. The lowest BCUT2D eigenvalue weighted by Crippen LogP contribution is -2.32. The van der Waals surface area contributed by atoms with Crippen LogP contribution in [-0.4, -0.2) is 13.1 Å². The maximum absolute atomic E-state index is 3.57. The number of rotatable bonds is 0. The summed E-state index contributed by atoms with van der Waals surface area (Å²) in [5, 5.41) is 3.57. The Morgan fingerprint density at radius 2 is 2.27 bits per heavy atom. The Kier molecular flexibility index (Phi) is 1.07. The molecule has 2 saturated carbocycles. The fourth-order valence-corrected chi connectivity index (χ4v) is 3.99. The zero-order valence-corrected chi connectivity index (χ0v) is 7.27. The third-order valence-electron chi connectivity index (χ3n) is 4.69. The van der Waals surface area contributed by atoms with E-state index in [9.17, 15) is 0 Å². The average molecular weight is 151 g/mol. The van der Waals surface area contributed by atoms with Gasteiger partial charge < -0.3 is 5.32 Å². The average Bonchev–Trinajstić information content (AvgIpc) is 2.54. The monoisotopic (exact) mass is 151 g/mol. The Morgan fingerprint density at radius 1 is 1.36 bits per heavy atom. The molecule has 2 aliphatic carbocycles. The van der Waals surface area contributed by atoms with E-state index in [4.69, 9.17) is 0 Å². The van der Waals surface area contributed by atoms with Gasteiger partial charge in [-0.15, -0.1) is 0 Å². The van der Waals surface area contributed by atoms with Gasteiger partial charge in [-0.1, -0.05) is 6.92 Å². The first kappa shape index (κ1) is 6.47. The largest absolute Gasteiger partial charge is 0.316 e. The van der Waals surface area contributed by atoms with E-state index in [-0.39, 0.29) is 0 Å². The summed E-state index contributed by atoms with van der Waals surface area (Å²) in [6, 6.07) is 0. The molecule has 62 valence electrons. The Bertz CT molecular complexity index is 189. The normalized spacial score (nSPS) is 60.3. The van der Waals surface area contributed by atoms with E-state index in [0.717, 1.165) is 17.8 Å². The Hall–Kier alpha value is -0.0400. The summed E-state index contributed by atoms with van der Waals surface area (Å²) in [7, 11) is 0. The molecule has 11 heavy (non-hydrogen) atoms. The Labute approximate surface area is 68.6 Å². The first-order valence-electron chi connectivity index (χ1n) is 5.01. The molecule has 0 aromatic heterocycles. The van der Waals surface area contributed by atoms with Gasteiger partial charge in [-0.3, -0.25) is 0 Å². The van der Waals surface area contributed by atoms with Gasteiger partial charge >= 0.3 is 0 Å². The van der Waals surface area contributed by atoms with Crippen LogP contribution in [0.2, 0.25) is 0 Å². The maximum atomic E-state index is 3.57. The molecule has 1 heterocycles. The molecule has 0 radical (unpaired) electrons. The van der Waals surface area contributed by atoms with Crippen molar-refractivity contribution in [1.82, 2.24) is 5.32 Å². The molecule has 1 N–H and O–H groups in total. The fourth-order valence-electron chi connectivity index (χ4n) is 3.99. The SMILES string of the molecule is CC12CNCC1[C@@H]1CC[C@H]2C1. The van der Waals surface area contributed by atoms with Crippen molar-refractivity contribution in [3.63, 3.8) is 0 Å². The molecule has 1 saturated heterocycles. The van der Waals surface area contributed by atoms with E-state index < -0.39 is 0 Å². The highest BCUT2D eigenvalue weighted by Gasteiger charge is 2.56. The third kappa shape index (κ3) is 0.618. The summed E-state index contributed by atoms with van der Waals surface area (Å²) >= 11 is 0. The van der Waals surface area contributed by atoms with Gasteiger partial charge in [-0.25, -0.2) is 0 Å². The molecule has 0 aromatic carbocycles. The van der Waals surface area contributed by atoms with E-state index in [0.29, 0.717) is 5.41 Å². The summed E-state index contributed by atoms with van der Waals surface area (Å²) in [5.41, 5.74) is 0.711. The minimum Gasteiger partial charge on any atom is -0.316 e.